The summed E-state index contributed by atoms with van der Waals surface area (Å²) in [5.74, 6) is 0.538. The number of carbonyl (C=O) groups excluding carboxylic acids is 1. The molecule has 0 saturated heterocycles. The van der Waals surface area contributed by atoms with Crippen molar-refractivity contribution in [2.45, 2.75) is 37.7 Å². The molecular weight excluding hydrogens is 524 g/mol. The van der Waals surface area contributed by atoms with Crippen LogP contribution in [-0.4, -0.2) is 28.1 Å². The summed E-state index contributed by atoms with van der Waals surface area (Å²) in [4.78, 5) is 24.9. The Morgan fingerprint density at radius 1 is 1.13 bits per heavy atom. The van der Waals surface area contributed by atoms with Gasteiger partial charge >= 0.3 is 12.1 Å². The van der Waals surface area contributed by atoms with E-state index >= 15 is 0 Å². The Hall–Kier alpha value is -3.75. The van der Waals surface area contributed by atoms with Crippen molar-refractivity contribution in [3.05, 3.63) is 88.1 Å². The van der Waals surface area contributed by atoms with Crippen molar-refractivity contribution in [1.29, 1.82) is 0 Å². The lowest BCUT2D eigenvalue weighted by Gasteiger charge is -2.16. The summed E-state index contributed by atoms with van der Waals surface area (Å²) in [5, 5.41) is 16.5. The van der Waals surface area contributed by atoms with Gasteiger partial charge in [0.1, 0.15) is 17.5 Å². The first-order valence-corrected chi connectivity index (χ1v) is 13.5. The van der Waals surface area contributed by atoms with Gasteiger partial charge in [-0.2, -0.15) is 0 Å². The van der Waals surface area contributed by atoms with Crippen LogP contribution in [0.3, 0.4) is 0 Å². The number of amides is 1. The number of benzene rings is 3. The van der Waals surface area contributed by atoms with Crippen LogP contribution in [0.25, 0.3) is 22.5 Å². The van der Waals surface area contributed by atoms with E-state index in [9.17, 15) is 9.59 Å². The van der Waals surface area contributed by atoms with E-state index in [0.717, 1.165) is 39.3 Å². The molecule has 194 valence electrons. The number of nitrogens with zero attached hydrogens (tertiary/aromatic N) is 1. The van der Waals surface area contributed by atoms with E-state index in [1.165, 1.54) is 5.56 Å². The van der Waals surface area contributed by atoms with Crippen LogP contribution >= 0.6 is 23.4 Å². The van der Waals surface area contributed by atoms with Crippen molar-refractivity contribution in [1.82, 2.24) is 5.16 Å². The van der Waals surface area contributed by atoms with Crippen molar-refractivity contribution in [3.63, 3.8) is 0 Å². The Balaban J connectivity index is 1.41. The number of aromatic nitrogens is 1. The molecule has 2 N–H and O–H groups in total. The molecule has 1 unspecified atom stereocenters. The Morgan fingerprint density at radius 3 is 2.61 bits per heavy atom. The van der Waals surface area contributed by atoms with Gasteiger partial charge in [-0.3, -0.25) is 10.1 Å². The maximum absolute atomic E-state index is 12.8. The van der Waals surface area contributed by atoms with Crippen molar-refractivity contribution < 1.29 is 24.0 Å². The minimum atomic E-state index is -0.853. The number of hydrogen-bond acceptors (Lipinski definition) is 6. The summed E-state index contributed by atoms with van der Waals surface area (Å²) in [7, 11) is 0. The molecule has 2 heterocycles. The van der Waals surface area contributed by atoms with Gasteiger partial charge in [0.25, 0.3) is 0 Å². The lowest BCUT2D eigenvalue weighted by molar-refractivity contribution is -0.136. The van der Waals surface area contributed by atoms with Gasteiger partial charge in [-0.15, -0.1) is 11.8 Å². The summed E-state index contributed by atoms with van der Waals surface area (Å²) in [6.45, 7) is 3.53. The molecular formula is C29H25ClN2O5S. The van der Waals surface area contributed by atoms with Gasteiger partial charge in [0.15, 0.2) is 5.76 Å². The number of halogens is 1. The summed E-state index contributed by atoms with van der Waals surface area (Å²) >= 11 is 7.98. The molecule has 3 aromatic carbocycles. The molecule has 0 bridgehead atoms. The first-order chi connectivity index (χ1) is 18.3. The van der Waals surface area contributed by atoms with E-state index in [1.54, 1.807) is 31.7 Å². The summed E-state index contributed by atoms with van der Waals surface area (Å²) in [6.07, 6.45) is -0.304. The molecule has 7 nitrogen and oxygen atoms in total. The zero-order valence-corrected chi connectivity index (χ0v) is 22.4. The first-order valence-electron chi connectivity index (χ1n) is 12.1. The van der Waals surface area contributed by atoms with Gasteiger partial charge in [-0.25, -0.2) is 4.79 Å². The van der Waals surface area contributed by atoms with Crippen LogP contribution in [0, 0.1) is 6.92 Å². The molecule has 0 saturated carbocycles. The average molecular weight is 549 g/mol. The number of ether oxygens (including phenoxy) is 1. The van der Waals surface area contributed by atoms with E-state index in [2.05, 4.69) is 10.5 Å². The highest BCUT2D eigenvalue weighted by molar-refractivity contribution is 7.99. The fourth-order valence-corrected chi connectivity index (χ4v) is 6.09. The largest absolute Gasteiger partial charge is 0.481 e. The van der Waals surface area contributed by atoms with E-state index in [-0.39, 0.29) is 6.42 Å². The highest BCUT2D eigenvalue weighted by Gasteiger charge is 2.27. The minimum absolute atomic E-state index is 0.00655. The van der Waals surface area contributed by atoms with Gasteiger partial charge in [-0.05, 0) is 54.7 Å². The predicted octanol–water partition coefficient (Wildman–Crippen LogP) is 7.56. The third-order valence-electron chi connectivity index (χ3n) is 6.44. The number of nitrogens with one attached hydrogen (secondary N) is 1. The first kappa shape index (κ1) is 25.9. The maximum Gasteiger partial charge on any atom is 0.412 e. The quantitative estimate of drug-likeness (QED) is 0.246. The van der Waals surface area contributed by atoms with Crippen LogP contribution in [0.15, 0.2) is 70.1 Å². The summed E-state index contributed by atoms with van der Waals surface area (Å²) in [6, 6.07) is 18.9. The Morgan fingerprint density at radius 2 is 1.87 bits per heavy atom. The molecule has 0 fully saturated rings. The topological polar surface area (TPSA) is 102 Å². The molecule has 1 amide bonds. The molecule has 5 rings (SSSR count). The Bertz CT molecular complexity index is 1520. The number of thioether (sulfide) groups is 1. The lowest BCUT2D eigenvalue weighted by atomic mass is 9.94. The maximum atomic E-state index is 12.8. The van der Waals surface area contributed by atoms with Crippen molar-refractivity contribution in [2.75, 3.05) is 11.1 Å². The van der Waals surface area contributed by atoms with Gasteiger partial charge < -0.3 is 14.4 Å². The second kappa shape index (κ2) is 10.9. The minimum Gasteiger partial charge on any atom is -0.481 e. The number of rotatable bonds is 7. The molecule has 9 heteroatoms. The normalized spacial score (nSPS) is 13.1. The highest BCUT2D eigenvalue weighted by Crippen LogP contribution is 2.46. The average Bonchev–Trinajstić information content (AvgIpc) is 3.51. The molecule has 1 atom stereocenters. The van der Waals surface area contributed by atoms with Crippen LogP contribution in [0.5, 0.6) is 0 Å². The number of carboxylic acids is 1. The molecule has 0 spiro atoms. The molecule has 1 aromatic heterocycles. The molecule has 38 heavy (non-hydrogen) atoms. The molecule has 1 aliphatic rings. The van der Waals surface area contributed by atoms with Gasteiger partial charge in [0.05, 0.1) is 6.42 Å². The molecule has 0 aliphatic carbocycles. The Kier molecular flexibility index (Phi) is 7.44. The van der Waals surface area contributed by atoms with Crippen LogP contribution in [-0.2, 0) is 22.4 Å². The number of anilines is 1. The smallest absolute Gasteiger partial charge is 0.412 e. The zero-order valence-electron chi connectivity index (χ0n) is 20.8. The van der Waals surface area contributed by atoms with E-state index in [1.807, 2.05) is 54.6 Å². The number of fused-ring (bicyclic) bond motifs is 1. The third kappa shape index (κ3) is 5.28. The monoisotopic (exact) mass is 548 g/mol. The number of aryl methyl sites for hydroxylation is 1. The fourth-order valence-electron chi connectivity index (χ4n) is 4.58. The molecule has 4 aromatic rings. The van der Waals surface area contributed by atoms with E-state index < -0.39 is 18.2 Å². The molecule has 1 aliphatic heterocycles. The van der Waals surface area contributed by atoms with Crippen molar-refractivity contribution in [2.24, 2.45) is 0 Å². The second-order valence-electron chi connectivity index (χ2n) is 9.00. The third-order valence-corrected chi connectivity index (χ3v) is 7.95. The van der Waals surface area contributed by atoms with Crippen molar-refractivity contribution in [3.8, 4) is 22.5 Å². The number of aliphatic carboxylic acids is 1. The Labute approximate surface area is 229 Å². The summed E-state index contributed by atoms with van der Waals surface area (Å²) < 4.78 is 11.3. The summed E-state index contributed by atoms with van der Waals surface area (Å²) in [5.41, 5.74) is 6.62. The standard InChI is InChI=1S/C29H25ClN2O5S/c1-16-26(31-29(35)36-17(2)20-5-3-4-6-24(20)30)27(37-32-16)23-12-11-21(22-13-14-38-28(22)23)19-9-7-18(8-10-19)15-25(33)34/h3-12,17H,13-15H2,1-2H3,(H,31,35)(H,33,34). The van der Waals surface area contributed by atoms with E-state index in [4.69, 9.17) is 26.0 Å². The number of carboxylic acid groups (broad SMARTS) is 1. The van der Waals surface area contributed by atoms with Crippen LogP contribution < -0.4 is 5.32 Å². The molecule has 0 radical (unpaired) electrons. The van der Waals surface area contributed by atoms with Crippen LogP contribution in [0.4, 0.5) is 10.5 Å². The van der Waals surface area contributed by atoms with E-state index in [0.29, 0.717) is 27.7 Å². The number of hydrogen-bond donors (Lipinski definition) is 2. The predicted molar refractivity (Wildman–Crippen MR) is 148 cm³/mol. The van der Waals surface area contributed by atoms with Gasteiger partial charge in [0.2, 0.25) is 0 Å². The highest BCUT2D eigenvalue weighted by atomic mass is 35.5. The van der Waals surface area contributed by atoms with Gasteiger partial charge in [-0.1, -0.05) is 65.3 Å². The second-order valence-corrected chi connectivity index (χ2v) is 10.5. The van der Waals surface area contributed by atoms with Crippen LogP contribution in [0.2, 0.25) is 5.02 Å². The zero-order chi connectivity index (χ0) is 26.8. The van der Waals surface area contributed by atoms with Crippen LogP contribution in [0.1, 0.15) is 35.4 Å². The number of carbonyl (C=O) groups is 2. The van der Waals surface area contributed by atoms with Gasteiger partial charge in [0, 0.05) is 26.8 Å². The lowest BCUT2D eigenvalue weighted by Crippen LogP contribution is -2.17. The fraction of sp³-hybridized carbons (Fsp3) is 0.207. The SMILES string of the molecule is Cc1noc(-c2ccc(-c3ccc(CC(=O)O)cc3)c3c2SCC3)c1NC(=O)OC(C)c1ccccc1Cl. The van der Waals surface area contributed by atoms with Crippen molar-refractivity contribution >= 4 is 41.1 Å².